The number of carbonyl (C=O) groups excluding carboxylic acids is 1. The fraction of sp³-hybridized carbons (Fsp3) is 0.562. The number of hydrogen-bond donors (Lipinski definition) is 1. The molecule has 0 radical (unpaired) electrons. The number of carbonyl (C=O) groups is 1. The highest BCUT2D eigenvalue weighted by Crippen LogP contribution is 2.23. The number of benzene rings is 1. The van der Waals surface area contributed by atoms with Gasteiger partial charge in [0.25, 0.3) is 0 Å². The molecule has 0 bridgehead atoms. The molecule has 4 nitrogen and oxygen atoms in total. The van der Waals surface area contributed by atoms with Crippen LogP contribution in [0.2, 0.25) is 0 Å². The predicted molar refractivity (Wildman–Crippen MR) is 77.7 cm³/mol. The summed E-state index contributed by atoms with van der Waals surface area (Å²) in [6, 6.07) is 6.36. The number of aliphatic hydroxyl groups is 1. The molecule has 0 heterocycles. The molecule has 2 rings (SSSR count). The number of aliphatic hydroxyl groups excluding tert-OH is 1. The Morgan fingerprint density at radius 2 is 2.10 bits per heavy atom. The maximum absolute atomic E-state index is 12.3. The molecular weight excluding hydrogens is 254 g/mol. The Morgan fingerprint density at radius 1 is 1.30 bits per heavy atom. The van der Waals surface area contributed by atoms with Crippen LogP contribution in [0, 0.1) is 0 Å². The molecule has 0 unspecified atom stereocenters. The zero-order valence-corrected chi connectivity index (χ0v) is 12.1. The molecule has 1 aromatic rings. The summed E-state index contributed by atoms with van der Waals surface area (Å²) in [6.07, 6.45) is 3.91. The minimum absolute atomic E-state index is 0.0142. The number of ether oxygens (including phenoxy) is 1. The van der Waals surface area contributed by atoms with Crippen LogP contribution in [-0.4, -0.2) is 49.3 Å². The molecule has 1 amide bonds. The van der Waals surface area contributed by atoms with E-state index >= 15 is 0 Å². The lowest BCUT2D eigenvalue weighted by Crippen LogP contribution is -2.37. The molecule has 110 valence electrons. The summed E-state index contributed by atoms with van der Waals surface area (Å²) in [6.45, 7) is 1.38. The van der Waals surface area contributed by atoms with Crippen molar-refractivity contribution in [1.29, 1.82) is 0 Å². The van der Waals surface area contributed by atoms with Gasteiger partial charge >= 0.3 is 0 Å². The van der Waals surface area contributed by atoms with Crippen molar-refractivity contribution in [3.05, 3.63) is 34.9 Å². The summed E-state index contributed by atoms with van der Waals surface area (Å²) in [5, 5.41) is 9.04. The SMILES string of the molecule is COCCN(CCO)C(=O)Cc1ccc2c(c1)CCC2. The Kier molecular flexibility index (Phi) is 5.56. The van der Waals surface area contributed by atoms with Crippen LogP contribution in [0.5, 0.6) is 0 Å². The van der Waals surface area contributed by atoms with Crippen molar-refractivity contribution < 1.29 is 14.6 Å². The van der Waals surface area contributed by atoms with E-state index in [1.54, 1.807) is 12.0 Å². The highest BCUT2D eigenvalue weighted by molar-refractivity contribution is 5.78. The minimum atomic E-state index is -0.0142. The van der Waals surface area contributed by atoms with Crippen molar-refractivity contribution in [2.24, 2.45) is 0 Å². The Morgan fingerprint density at radius 3 is 2.85 bits per heavy atom. The summed E-state index contributed by atoms with van der Waals surface area (Å²) in [5.41, 5.74) is 3.88. The van der Waals surface area contributed by atoms with Crippen LogP contribution in [0.3, 0.4) is 0 Å². The van der Waals surface area contributed by atoms with Crippen LogP contribution in [0.25, 0.3) is 0 Å². The molecule has 0 spiro atoms. The van der Waals surface area contributed by atoms with Crippen molar-refractivity contribution in [2.75, 3.05) is 33.4 Å². The van der Waals surface area contributed by atoms with Crippen LogP contribution in [0.1, 0.15) is 23.1 Å². The summed E-state index contributed by atoms with van der Waals surface area (Å²) in [7, 11) is 1.61. The van der Waals surface area contributed by atoms with Gasteiger partial charge in [-0.1, -0.05) is 18.2 Å². The average Bonchev–Trinajstić information content (AvgIpc) is 2.90. The Labute approximate surface area is 120 Å². The third-order valence-corrected chi connectivity index (χ3v) is 3.81. The van der Waals surface area contributed by atoms with Crippen LogP contribution in [0.4, 0.5) is 0 Å². The van der Waals surface area contributed by atoms with E-state index < -0.39 is 0 Å². The van der Waals surface area contributed by atoms with Crippen molar-refractivity contribution >= 4 is 5.91 Å². The number of methoxy groups -OCH3 is 1. The molecule has 0 atom stereocenters. The molecular formula is C16H23NO3. The summed E-state index contributed by atoms with van der Waals surface area (Å²) >= 11 is 0. The summed E-state index contributed by atoms with van der Waals surface area (Å²) in [4.78, 5) is 13.9. The average molecular weight is 277 g/mol. The largest absolute Gasteiger partial charge is 0.395 e. The van der Waals surface area contributed by atoms with Gasteiger partial charge in [-0.15, -0.1) is 0 Å². The second-order valence-corrected chi connectivity index (χ2v) is 5.23. The van der Waals surface area contributed by atoms with E-state index in [0.717, 1.165) is 18.4 Å². The molecule has 0 aliphatic heterocycles. The van der Waals surface area contributed by atoms with Gasteiger partial charge in [-0.2, -0.15) is 0 Å². The first kappa shape index (κ1) is 15.0. The molecule has 0 aromatic heterocycles. The zero-order chi connectivity index (χ0) is 14.4. The topological polar surface area (TPSA) is 49.8 Å². The van der Waals surface area contributed by atoms with Gasteiger partial charge in [0, 0.05) is 20.2 Å². The van der Waals surface area contributed by atoms with Gasteiger partial charge in [-0.05, 0) is 36.0 Å². The first-order valence-corrected chi connectivity index (χ1v) is 7.23. The van der Waals surface area contributed by atoms with Gasteiger partial charge in [0.2, 0.25) is 5.91 Å². The number of rotatable bonds is 7. The van der Waals surface area contributed by atoms with Gasteiger partial charge < -0.3 is 14.7 Å². The zero-order valence-electron chi connectivity index (χ0n) is 12.1. The van der Waals surface area contributed by atoms with E-state index in [-0.39, 0.29) is 12.5 Å². The van der Waals surface area contributed by atoms with Gasteiger partial charge in [-0.25, -0.2) is 0 Å². The number of aryl methyl sites for hydroxylation is 2. The maximum atomic E-state index is 12.3. The molecule has 1 N–H and O–H groups in total. The highest BCUT2D eigenvalue weighted by Gasteiger charge is 2.15. The molecule has 0 fully saturated rings. The van der Waals surface area contributed by atoms with Crippen molar-refractivity contribution in [3.63, 3.8) is 0 Å². The van der Waals surface area contributed by atoms with Gasteiger partial charge in [0.05, 0.1) is 19.6 Å². The number of hydrogen-bond acceptors (Lipinski definition) is 3. The summed E-state index contributed by atoms with van der Waals surface area (Å²) < 4.78 is 5.00. The molecule has 1 aliphatic rings. The van der Waals surface area contributed by atoms with Crippen LogP contribution in [0.15, 0.2) is 18.2 Å². The molecule has 4 heteroatoms. The van der Waals surface area contributed by atoms with E-state index in [4.69, 9.17) is 9.84 Å². The minimum Gasteiger partial charge on any atom is -0.395 e. The van der Waals surface area contributed by atoms with Crippen LogP contribution >= 0.6 is 0 Å². The Balaban J connectivity index is 1.98. The monoisotopic (exact) mass is 277 g/mol. The van der Waals surface area contributed by atoms with Crippen LogP contribution < -0.4 is 0 Å². The fourth-order valence-corrected chi connectivity index (χ4v) is 2.70. The quantitative estimate of drug-likeness (QED) is 0.814. The van der Waals surface area contributed by atoms with Gasteiger partial charge in [0.15, 0.2) is 0 Å². The lowest BCUT2D eigenvalue weighted by molar-refractivity contribution is -0.131. The van der Waals surface area contributed by atoms with Crippen molar-refractivity contribution in [3.8, 4) is 0 Å². The van der Waals surface area contributed by atoms with E-state index in [1.807, 2.05) is 0 Å². The normalized spacial score (nSPS) is 13.3. The van der Waals surface area contributed by atoms with Crippen molar-refractivity contribution in [1.82, 2.24) is 4.90 Å². The summed E-state index contributed by atoms with van der Waals surface area (Å²) in [5.74, 6) is 0.0500. The standard InChI is InChI=1S/C16H23NO3/c1-20-10-8-17(7-9-18)16(19)12-13-5-6-14-3-2-4-15(14)11-13/h5-6,11,18H,2-4,7-10,12H2,1H3. The van der Waals surface area contributed by atoms with E-state index in [0.29, 0.717) is 26.1 Å². The smallest absolute Gasteiger partial charge is 0.227 e. The molecule has 0 saturated heterocycles. The molecule has 0 saturated carbocycles. The first-order valence-electron chi connectivity index (χ1n) is 7.23. The molecule has 1 aromatic carbocycles. The van der Waals surface area contributed by atoms with Gasteiger partial charge in [0.1, 0.15) is 0 Å². The number of fused-ring (bicyclic) bond motifs is 1. The Bertz CT molecular complexity index is 459. The third kappa shape index (κ3) is 3.81. The second kappa shape index (κ2) is 7.41. The number of nitrogens with zero attached hydrogens (tertiary/aromatic N) is 1. The van der Waals surface area contributed by atoms with E-state index in [2.05, 4.69) is 18.2 Å². The molecule has 20 heavy (non-hydrogen) atoms. The first-order chi connectivity index (χ1) is 9.74. The lowest BCUT2D eigenvalue weighted by atomic mass is 10.0. The molecule has 1 aliphatic carbocycles. The third-order valence-electron chi connectivity index (χ3n) is 3.81. The highest BCUT2D eigenvalue weighted by atomic mass is 16.5. The van der Waals surface area contributed by atoms with Crippen molar-refractivity contribution in [2.45, 2.75) is 25.7 Å². The van der Waals surface area contributed by atoms with E-state index in [9.17, 15) is 4.79 Å². The Hall–Kier alpha value is -1.39. The fourth-order valence-electron chi connectivity index (χ4n) is 2.70. The predicted octanol–water partition coefficient (Wildman–Crippen LogP) is 1.19. The number of amides is 1. The second-order valence-electron chi connectivity index (χ2n) is 5.23. The lowest BCUT2D eigenvalue weighted by Gasteiger charge is -2.21. The van der Waals surface area contributed by atoms with E-state index in [1.165, 1.54) is 17.5 Å². The van der Waals surface area contributed by atoms with Crippen LogP contribution in [-0.2, 0) is 28.8 Å². The van der Waals surface area contributed by atoms with Gasteiger partial charge in [-0.3, -0.25) is 4.79 Å². The maximum Gasteiger partial charge on any atom is 0.227 e.